The van der Waals surface area contributed by atoms with E-state index in [0.29, 0.717) is 18.9 Å². The van der Waals surface area contributed by atoms with Crippen molar-refractivity contribution >= 4 is 5.88 Å². The molecule has 0 fully saturated rings. The van der Waals surface area contributed by atoms with Crippen LogP contribution >= 0.6 is 0 Å². The molecule has 8 nitrogen and oxygen atoms in total. The van der Waals surface area contributed by atoms with Crippen LogP contribution in [0.15, 0.2) is 21.0 Å². The molecule has 0 unspecified atom stereocenters. The minimum Gasteiger partial charge on any atom is -0.418 e. The van der Waals surface area contributed by atoms with Crippen LogP contribution in [0.3, 0.4) is 0 Å². The number of aromatic nitrogens is 2. The lowest BCUT2D eigenvalue weighted by molar-refractivity contribution is -0.401. The molecule has 2 heterocycles. The highest BCUT2D eigenvalue weighted by Gasteiger charge is 2.18. The van der Waals surface area contributed by atoms with Gasteiger partial charge in [-0.2, -0.15) is 0 Å². The molecule has 1 N–H and O–H groups in total. The predicted molar refractivity (Wildman–Crippen MR) is 70.1 cm³/mol. The van der Waals surface area contributed by atoms with Crippen molar-refractivity contribution in [1.29, 1.82) is 0 Å². The summed E-state index contributed by atoms with van der Waals surface area (Å²) in [5.74, 6) is 0.438. The van der Waals surface area contributed by atoms with Crippen LogP contribution in [0.4, 0.5) is 5.88 Å². The molecule has 0 aliphatic carbocycles. The zero-order valence-corrected chi connectivity index (χ0v) is 11.5. The second-order valence-electron chi connectivity index (χ2n) is 5.32. The van der Waals surface area contributed by atoms with Crippen molar-refractivity contribution in [2.75, 3.05) is 6.54 Å². The molecule has 2 rings (SSSR count). The van der Waals surface area contributed by atoms with E-state index in [-0.39, 0.29) is 23.1 Å². The van der Waals surface area contributed by atoms with Crippen molar-refractivity contribution < 1.29 is 13.8 Å². The average Bonchev–Trinajstić information content (AvgIpc) is 2.94. The van der Waals surface area contributed by atoms with Crippen molar-refractivity contribution in [1.82, 2.24) is 15.5 Å². The van der Waals surface area contributed by atoms with Gasteiger partial charge in [-0.3, -0.25) is 10.1 Å². The van der Waals surface area contributed by atoms with Gasteiger partial charge in [-0.15, -0.1) is 10.2 Å². The largest absolute Gasteiger partial charge is 0.433 e. The van der Waals surface area contributed by atoms with Gasteiger partial charge >= 0.3 is 5.88 Å². The molecule has 0 saturated carbocycles. The fraction of sp³-hybridized carbons (Fsp3) is 0.500. The third-order valence-electron chi connectivity index (χ3n) is 2.44. The predicted octanol–water partition coefficient (Wildman–Crippen LogP) is 2.17. The summed E-state index contributed by atoms with van der Waals surface area (Å²) in [6, 6.07) is 2.68. The summed E-state index contributed by atoms with van der Waals surface area (Å²) in [6.07, 6.45) is 0.576. The van der Waals surface area contributed by atoms with E-state index in [1.807, 2.05) is 0 Å². The Labute approximate surface area is 115 Å². The van der Waals surface area contributed by atoms with Crippen LogP contribution < -0.4 is 5.32 Å². The zero-order valence-electron chi connectivity index (χ0n) is 11.5. The first-order valence-electron chi connectivity index (χ1n) is 6.17. The molecule has 8 heteroatoms. The normalized spacial score (nSPS) is 11.8. The molecule has 2 aromatic rings. The maximum Gasteiger partial charge on any atom is 0.433 e. The molecule has 0 radical (unpaired) electrons. The van der Waals surface area contributed by atoms with Crippen LogP contribution in [0.25, 0.3) is 11.7 Å². The molecule has 0 aliphatic rings. The van der Waals surface area contributed by atoms with Crippen molar-refractivity contribution in [2.24, 2.45) is 0 Å². The zero-order chi connectivity index (χ0) is 14.8. The van der Waals surface area contributed by atoms with Crippen LogP contribution in [-0.4, -0.2) is 27.2 Å². The monoisotopic (exact) mass is 280 g/mol. The Morgan fingerprint density at radius 1 is 1.30 bits per heavy atom. The molecule has 0 atom stereocenters. The molecule has 0 aromatic carbocycles. The Balaban J connectivity index is 1.99. The summed E-state index contributed by atoms with van der Waals surface area (Å²) in [6.45, 7) is 6.89. The fourth-order valence-electron chi connectivity index (χ4n) is 1.54. The van der Waals surface area contributed by atoms with Gasteiger partial charge in [0.15, 0.2) is 5.76 Å². The molecule has 0 bridgehead atoms. The summed E-state index contributed by atoms with van der Waals surface area (Å²) in [5.41, 5.74) is 0.0183. The Kier molecular flexibility index (Phi) is 3.84. The molecule has 108 valence electrons. The molecule has 0 amide bonds. The quantitative estimate of drug-likeness (QED) is 0.660. The van der Waals surface area contributed by atoms with Gasteiger partial charge in [-0.25, -0.2) is 0 Å². The van der Waals surface area contributed by atoms with E-state index in [1.165, 1.54) is 12.1 Å². The first-order chi connectivity index (χ1) is 9.35. The summed E-state index contributed by atoms with van der Waals surface area (Å²) >= 11 is 0. The van der Waals surface area contributed by atoms with E-state index < -0.39 is 4.92 Å². The second kappa shape index (κ2) is 5.41. The number of hydrogen-bond acceptors (Lipinski definition) is 7. The van der Waals surface area contributed by atoms with Crippen LogP contribution in [0.1, 0.15) is 26.7 Å². The standard InChI is InChI=1S/C12H16N4O4/c1-12(2,3)13-7-6-9-14-15-11(20-9)8-4-5-10(19-8)16(17)18/h4-5,13H,6-7H2,1-3H3. The van der Waals surface area contributed by atoms with Crippen molar-refractivity contribution in [3.8, 4) is 11.7 Å². The smallest absolute Gasteiger partial charge is 0.418 e. The maximum atomic E-state index is 10.5. The Morgan fingerprint density at radius 2 is 2.05 bits per heavy atom. The first-order valence-corrected chi connectivity index (χ1v) is 6.17. The summed E-state index contributed by atoms with van der Waals surface area (Å²) < 4.78 is 10.4. The highest BCUT2D eigenvalue weighted by molar-refractivity contribution is 5.45. The van der Waals surface area contributed by atoms with E-state index in [4.69, 9.17) is 8.83 Å². The highest BCUT2D eigenvalue weighted by atomic mass is 16.6. The van der Waals surface area contributed by atoms with Crippen molar-refractivity contribution in [2.45, 2.75) is 32.7 Å². The van der Waals surface area contributed by atoms with E-state index in [1.54, 1.807) is 0 Å². The maximum absolute atomic E-state index is 10.5. The number of nitrogens with one attached hydrogen (secondary N) is 1. The average molecular weight is 280 g/mol. The molecule has 0 spiro atoms. The number of furan rings is 1. The molecular formula is C12H16N4O4. The molecule has 20 heavy (non-hydrogen) atoms. The van der Waals surface area contributed by atoms with Gasteiger partial charge in [0, 0.05) is 18.5 Å². The number of hydrogen-bond donors (Lipinski definition) is 1. The third kappa shape index (κ3) is 3.64. The SMILES string of the molecule is CC(C)(C)NCCc1nnc(-c2ccc([N+](=O)[O-])o2)o1. The minimum atomic E-state index is -0.617. The minimum absolute atomic E-state index is 0.0183. The van der Waals surface area contributed by atoms with Crippen LogP contribution in [0, 0.1) is 10.1 Å². The first kappa shape index (κ1) is 14.2. The molecule has 0 saturated heterocycles. The van der Waals surface area contributed by atoms with Gasteiger partial charge in [0.2, 0.25) is 5.89 Å². The van der Waals surface area contributed by atoms with Crippen LogP contribution in [-0.2, 0) is 6.42 Å². The topological polar surface area (TPSA) is 107 Å². The summed E-state index contributed by atoms with van der Waals surface area (Å²) in [7, 11) is 0. The van der Waals surface area contributed by atoms with Gasteiger partial charge in [-0.05, 0) is 26.8 Å². The lowest BCUT2D eigenvalue weighted by Gasteiger charge is -2.19. The van der Waals surface area contributed by atoms with Gasteiger partial charge < -0.3 is 14.2 Å². The Hall–Kier alpha value is -2.22. The highest BCUT2D eigenvalue weighted by Crippen LogP contribution is 2.24. The van der Waals surface area contributed by atoms with Crippen molar-refractivity contribution in [3.05, 3.63) is 28.1 Å². The fourth-order valence-corrected chi connectivity index (χ4v) is 1.54. The van der Waals surface area contributed by atoms with Crippen LogP contribution in [0.2, 0.25) is 0 Å². The lowest BCUT2D eigenvalue weighted by Crippen LogP contribution is -2.37. The van der Waals surface area contributed by atoms with Crippen molar-refractivity contribution in [3.63, 3.8) is 0 Å². The van der Waals surface area contributed by atoms with E-state index in [2.05, 4.69) is 36.3 Å². The lowest BCUT2D eigenvalue weighted by atomic mass is 10.1. The van der Waals surface area contributed by atoms with E-state index in [0.717, 1.165) is 0 Å². The number of nitrogens with zero attached hydrogens (tertiary/aromatic N) is 3. The van der Waals surface area contributed by atoms with Gasteiger partial charge in [0.1, 0.15) is 4.92 Å². The second-order valence-corrected chi connectivity index (χ2v) is 5.32. The summed E-state index contributed by atoms with van der Waals surface area (Å²) in [4.78, 5) is 9.91. The molecule has 0 aliphatic heterocycles. The molecular weight excluding hydrogens is 264 g/mol. The number of rotatable bonds is 5. The third-order valence-corrected chi connectivity index (χ3v) is 2.44. The van der Waals surface area contributed by atoms with Gasteiger partial charge in [0.05, 0.1) is 6.07 Å². The van der Waals surface area contributed by atoms with E-state index >= 15 is 0 Å². The number of nitro groups is 1. The molecule has 2 aromatic heterocycles. The van der Waals surface area contributed by atoms with Crippen LogP contribution in [0.5, 0.6) is 0 Å². The van der Waals surface area contributed by atoms with Gasteiger partial charge in [0.25, 0.3) is 5.89 Å². The Bertz CT molecular complexity index is 597. The van der Waals surface area contributed by atoms with Gasteiger partial charge in [-0.1, -0.05) is 0 Å². The Morgan fingerprint density at radius 3 is 2.65 bits per heavy atom. The summed E-state index contributed by atoms with van der Waals surface area (Å²) in [5, 5.41) is 21.5. The van der Waals surface area contributed by atoms with E-state index in [9.17, 15) is 10.1 Å².